The number of imidazole rings is 1. The van der Waals surface area contributed by atoms with E-state index in [9.17, 15) is 9.59 Å². The maximum Gasteiger partial charge on any atom is 0.308 e. The van der Waals surface area contributed by atoms with Crippen molar-refractivity contribution >= 4 is 22.9 Å². The molecule has 0 saturated heterocycles. The van der Waals surface area contributed by atoms with Gasteiger partial charge in [0.1, 0.15) is 0 Å². The molecule has 1 aromatic heterocycles. The van der Waals surface area contributed by atoms with Crippen LogP contribution in [0.4, 0.5) is 0 Å². The molecule has 1 unspecified atom stereocenters. The summed E-state index contributed by atoms with van der Waals surface area (Å²) in [5.41, 5.74) is 2.03. The second-order valence-corrected chi connectivity index (χ2v) is 4.08. The van der Waals surface area contributed by atoms with E-state index in [2.05, 4.69) is 15.3 Å². The number of carboxylic acids is 1. The van der Waals surface area contributed by atoms with Crippen molar-refractivity contribution in [2.75, 3.05) is 6.54 Å². The van der Waals surface area contributed by atoms with E-state index in [4.69, 9.17) is 5.11 Å². The van der Waals surface area contributed by atoms with Gasteiger partial charge >= 0.3 is 5.97 Å². The SMILES string of the molecule is CC(CNC(=O)c1ccc2nc[nH]c2c1)C(=O)O. The monoisotopic (exact) mass is 247 g/mol. The molecule has 2 aromatic rings. The summed E-state index contributed by atoms with van der Waals surface area (Å²) in [4.78, 5) is 29.4. The van der Waals surface area contributed by atoms with Gasteiger partial charge in [-0.25, -0.2) is 4.98 Å². The van der Waals surface area contributed by atoms with Crippen LogP contribution < -0.4 is 5.32 Å². The first-order valence-corrected chi connectivity index (χ1v) is 5.52. The van der Waals surface area contributed by atoms with Gasteiger partial charge in [-0.2, -0.15) is 0 Å². The summed E-state index contributed by atoms with van der Waals surface area (Å²) in [6, 6.07) is 5.08. The lowest BCUT2D eigenvalue weighted by molar-refractivity contribution is -0.140. The van der Waals surface area contributed by atoms with Crippen molar-refractivity contribution in [1.82, 2.24) is 15.3 Å². The molecule has 0 saturated carbocycles. The maximum atomic E-state index is 11.8. The molecule has 0 aliphatic heterocycles. The minimum atomic E-state index is -0.931. The van der Waals surface area contributed by atoms with E-state index in [1.807, 2.05) is 0 Å². The Labute approximate surface area is 103 Å². The van der Waals surface area contributed by atoms with Crippen LogP contribution in [0.15, 0.2) is 24.5 Å². The number of carbonyl (C=O) groups is 2. The molecule has 0 spiro atoms. The highest BCUT2D eigenvalue weighted by Crippen LogP contribution is 2.11. The fourth-order valence-corrected chi connectivity index (χ4v) is 1.51. The Morgan fingerprint density at radius 1 is 1.50 bits per heavy atom. The largest absolute Gasteiger partial charge is 0.481 e. The summed E-state index contributed by atoms with van der Waals surface area (Å²) < 4.78 is 0. The summed E-state index contributed by atoms with van der Waals surface area (Å²) in [5, 5.41) is 11.3. The smallest absolute Gasteiger partial charge is 0.308 e. The van der Waals surface area contributed by atoms with Gasteiger partial charge in [-0.1, -0.05) is 6.92 Å². The van der Waals surface area contributed by atoms with Gasteiger partial charge in [0, 0.05) is 12.1 Å². The van der Waals surface area contributed by atoms with Crippen LogP contribution in [0.25, 0.3) is 11.0 Å². The second kappa shape index (κ2) is 4.87. The first kappa shape index (κ1) is 12.1. The number of benzene rings is 1. The van der Waals surface area contributed by atoms with Crippen LogP contribution in [0.5, 0.6) is 0 Å². The van der Waals surface area contributed by atoms with Crippen molar-refractivity contribution in [2.45, 2.75) is 6.92 Å². The van der Waals surface area contributed by atoms with Crippen LogP contribution in [-0.2, 0) is 4.79 Å². The Morgan fingerprint density at radius 2 is 2.28 bits per heavy atom. The van der Waals surface area contributed by atoms with Crippen LogP contribution in [0.1, 0.15) is 17.3 Å². The number of carbonyl (C=O) groups excluding carboxylic acids is 1. The van der Waals surface area contributed by atoms with E-state index >= 15 is 0 Å². The van der Waals surface area contributed by atoms with E-state index in [1.165, 1.54) is 0 Å². The van der Waals surface area contributed by atoms with Crippen molar-refractivity contribution in [1.29, 1.82) is 0 Å². The van der Waals surface area contributed by atoms with E-state index in [0.717, 1.165) is 11.0 Å². The van der Waals surface area contributed by atoms with Crippen molar-refractivity contribution in [3.63, 3.8) is 0 Å². The molecule has 1 heterocycles. The molecule has 3 N–H and O–H groups in total. The number of aliphatic carboxylic acids is 1. The van der Waals surface area contributed by atoms with Crippen LogP contribution in [0, 0.1) is 5.92 Å². The predicted molar refractivity (Wildman–Crippen MR) is 65.2 cm³/mol. The number of hydrogen-bond acceptors (Lipinski definition) is 3. The summed E-state index contributed by atoms with van der Waals surface area (Å²) in [5.74, 6) is -1.83. The molecule has 2 rings (SSSR count). The summed E-state index contributed by atoms with van der Waals surface area (Å²) >= 11 is 0. The number of H-pyrrole nitrogens is 1. The Hall–Kier alpha value is -2.37. The van der Waals surface area contributed by atoms with Crippen LogP contribution in [-0.4, -0.2) is 33.5 Å². The molecule has 18 heavy (non-hydrogen) atoms. The summed E-state index contributed by atoms with van der Waals surface area (Å²) in [7, 11) is 0. The highest BCUT2D eigenvalue weighted by Gasteiger charge is 2.13. The minimum absolute atomic E-state index is 0.106. The van der Waals surface area contributed by atoms with Gasteiger partial charge in [0.25, 0.3) is 5.91 Å². The Kier molecular flexibility index (Phi) is 3.27. The molecule has 0 aliphatic carbocycles. The third-order valence-corrected chi connectivity index (χ3v) is 2.67. The molecule has 0 bridgehead atoms. The van der Waals surface area contributed by atoms with Gasteiger partial charge < -0.3 is 15.4 Å². The van der Waals surface area contributed by atoms with Crippen LogP contribution in [0.2, 0.25) is 0 Å². The first-order chi connectivity index (χ1) is 8.58. The highest BCUT2D eigenvalue weighted by molar-refractivity contribution is 5.97. The third kappa shape index (κ3) is 2.48. The molecule has 0 fully saturated rings. The molecular weight excluding hydrogens is 234 g/mol. The summed E-state index contributed by atoms with van der Waals surface area (Å²) in [6.45, 7) is 1.65. The molecule has 6 heteroatoms. The van der Waals surface area contributed by atoms with Crippen molar-refractivity contribution in [3.05, 3.63) is 30.1 Å². The van der Waals surface area contributed by atoms with Gasteiger partial charge in [0.2, 0.25) is 0 Å². The number of nitrogens with zero attached hydrogens (tertiary/aromatic N) is 1. The van der Waals surface area contributed by atoms with E-state index in [-0.39, 0.29) is 12.5 Å². The molecule has 94 valence electrons. The number of amides is 1. The first-order valence-electron chi connectivity index (χ1n) is 5.52. The van der Waals surface area contributed by atoms with Gasteiger partial charge in [-0.3, -0.25) is 9.59 Å². The van der Waals surface area contributed by atoms with E-state index in [0.29, 0.717) is 5.56 Å². The number of fused-ring (bicyclic) bond motifs is 1. The number of hydrogen-bond donors (Lipinski definition) is 3. The topological polar surface area (TPSA) is 95.1 Å². The Morgan fingerprint density at radius 3 is 3.00 bits per heavy atom. The molecule has 1 atom stereocenters. The van der Waals surface area contributed by atoms with Crippen molar-refractivity contribution in [2.24, 2.45) is 5.92 Å². The molecule has 0 radical (unpaired) electrons. The Balaban J connectivity index is 2.06. The fraction of sp³-hybridized carbons (Fsp3) is 0.250. The number of carboxylic acid groups (broad SMARTS) is 1. The van der Waals surface area contributed by atoms with Gasteiger partial charge in [-0.05, 0) is 18.2 Å². The average Bonchev–Trinajstić information content (AvgIpc) is 2.82. The zero-order valence-electron chi connectivity index (χ0n) is 9.80. The lowest BCUT2D eigenvalue weighted by Crippen LogP contribution is -2.31. The number of nitrogens with one attached hydrogen (secondary N) is 2. The number of aromatic nitrogens is 2. The van der Waals surface area contributed by atoms with Gasteiger partial charge in [0.15, 0.2) is 0 Å². The van der Waals surface area contributed by atoms with Crippen LogP contribution >= 0.6 is 0 Å². The van der Waals surface area contributed by atoms with Gasteiger partial charge in [0.05, 0.1) is 23.3 Å². The Bertz CT molecular complexity index is 591. The molecule has 1 aromatic carbocycles. The minimum Gasteiger partial charge on any atom is -0.481 e. The van der Waals surface area contributed by atoms with Gasteiger partial charge in [-0.15, -0.1) is 0 Å². The van der Waals surface area contributed by atoms with Crippen molar-refractivity contribution in [3.8, 4) is 0 Å². The predicted octanol–water partition coefficient (Wildman–Crippen LogP) is 1.01. The molecular formula is C12H13N3O3. The fourth-order valence-electron chi connectivity index (χ4n) is 1.51. The second-order valence-electron chi connectivity index (χ2n) is 4.08. The van der Waals surface area contributed by atoms with E-state index in [1.54, 1.807) is 31.5 Å². The normalized spacial score (nSPS) is 12.3. The van der Waals surface area contributed by atoms with E-state index < -0.39 is 11.9 Å². The molecule has 6 nitrogen and oxygen atoms in total. The lowest BCUT2D eigenvalue weighted by Gasteiger charge is -2.08. The third-order valence-electron chi connectivity index (χ3n) is 2.67. The maximum absolute atomic E-state index is 11.8. The van der Waals surface area contributed by atoms with Crippen molar-refractivity contribution < 1.29 is 14.7 Å². The molecule has 1 amide bonds. The summed E-state index contributed by atoms with van der Waals surface area (Å²) in [6.07, 6.45) is 1.55. The lowest BCUT2D eigenvalue weighted by atomic mass is 10.1. The van der Waals surface area contributed by atoms with Crippen LogP contribution in [0.3, 0.4) is 0 Å². The quantitative estimate of drug-likeness (QED) is 0.751. The standard InChI is InChI=1S/C12H13N3O3/c1-7(12(17)18)5-13-11(16)8-2-3-9-10(4-8)15-6-14-9/h2-4,6-7H,5H2,1H3,(H,13,16)(H,14,15)(H,17,18). The average molecular weight is 247 g/mol. The number of aromatic amines is 1. The zero-order valence-corrected chi connectivity index (χ0v) is 9.80. The number of rotatable bonds is 4. The highest BCUT2D eigenvalue weighted by atomic mass is 16.4. The molecule has 0 aliphatic rings. The zero-order chi connectivity index (χ0) is 13.1.